The number of rotatable bonds is 2. The first-order valence-corrected chi connectivity index (χ1v) is 5.56. The maximum Gasteiger partial charge on any atom is 0.143 e. The molecule has 0 spiro atoms. The highest BCUT2D eigenvalue weighted by Crippen LogP contribution is 2.19. The lowest BCUT2D eigenvalue weighted by Crippen LogP contribution is -2.06. The van der Waals surface area contributed by atoms with Crippen LogP contribution in [0.25, 0.3) is 16.9 Å². The summed E-state index contributed by atoms with van der Waals surface area (Å²) in [5.74, 6) is 0.233. The van der Waals surface area contributed by atoms with E-state index in [1.165, 1.54) is 12.3 Å². The molecule has 0 unspecified atom stereocenters. The third-order valence-electron chi connectivity index (χ3n) is 2.81. The molecular weight excluding hydrogens is 231 g/mol. The van der Waals surface area contributed by atoms with Crippen molar-refractivity contribution in [2.75, 3.05) is 0 Å². The Hall–Kier alpha value is -2.27. The Morgan fingerprint density at radius 3 is 2.89 bits per heavy atom. The maximum atomic E-state index is 13.1. The molecule has 3 aromatic rings. The van der Waals surface area contributed by atoms with Crippen LogP contribution in [0, 0.1) is 5.82 Å². The highest BCUT2D eigenvalue weighted by molar-refractivity contribution is 5.77. The van der Waals surface area contributed by atoms with Crippen LogP contribution in [0.15, 0.2) is 42.9 Å². The van der Waals surface area contributed by atoms with E-state index in [2.05, 4.69) is 9.97 Å². The van der Waals surface area contributed by atoms with Gasteiger partial charge in [0.05, 0.1) is 17.2 Å². The fourth-order valence-electron chi connectivity index (χ4n) is 1.97. The maximum absolute atomic E-state index is 13.1. The average Bonchev–Trinajstić information content (AvgIpc) is 2.82. The lowest BCUT2D eigenvalue weighted by atomic mass is 10.2. The van der Waals surface area contributed by atoms with E-state index >= 15 is 0 Å². The smallest absolute Gasteiger partial charge is 0.143 e. The van der Waals surface area contributed by atoms with Gasteiger partial charge in [-0.25, -0.2) is 14.4 Å². The number of nitrogens with two attached hydrogens (primary N) is 1. The monoisotopic (exact) mass is 242 g/mol. The van der Waals surface area contributed by atoms with Gasteiger partial charge in [0.1, 0.15) is 18.0 Å². The Kier molecular flexibility index (Phi) is 2.53. The number of halogens is 1. The van der Waals surface area contributed by atoms with E-state index in [1.807, 2.05) is 28.8 Å². The predicted molar refractivity (Wildman–Crippen MR) is 66.7 cm³/mol. The van der Waals surface area contributed by atoms with Crippen LogP contribution in [-0.2, 0) is 6.54 Å². The van der Waals surface area contributed by atoms with Gasteiger partial charge in [-0.05, 0) is 18.2 Å². The second-order valence-electron chi connectivity index (χ2n) is 3.94. The normalized spacial score (nSPS) is 11.0. The van der Waals surface area contributed by atoms with Gasteiger partial charge in [0.2, 0.25) is 0 Å². The zero-order valence-electron chi connectivity index (χ0n) is 9.55. The van der Waals surface area contributed by atoms with E-state index in [-0.39, 0.29) is 12.4 Å². The van der Waals surface area contributed by atoms with Crippen molar-refractivity contribution < 1.29 is 4.39 Å². The summed E-state index contributed by atoms with van der Waals surface area (Å²) in [5.41, 5.74) is 8.07. The molecule has 2 N–H and O–H groups in total. The summed E-state index contributed by atoms with van der Waals surface area (Å²) in [5, 5.41) is 0. The Morgan fingerprint density at radius 1 is 1.22 bits per heavy atom. The molecular formula is C13H11FN4. The van der Waals surface area contributed by atoms with E-state index < -0.39 is 0 Å². The summed E-state index contributed by atoms with van der Waals surface area (Å²) in [6.07, 6.45) is 2.85. The standard InChI is InChI=1S/C13H11FN4/c14-10-5-9(6-15)13(16-7-10)18-8-17-11-3-1-2-4-12(11)18/h1-5,7-8H,6,15H2. The molecule has 18 heavy (non-hydrogen) atoms. The third-order valence-corrected chi connectivity index (χ3v) is 2.81. The van der Waals surface area contributed by atoms with Crippen molar-refractivity contribution in [3.05, 3.63) is 54.2 Å². The summed E-state index contributed by atoms with van der Waals surface area (Å²) < 4.78 is 15.0. The fourth-order valence-corrected chi connectivity index (χ4v) is 1.97. The molecule has 90 valence electrons. The predicted octanol–water partition coefficient (Wildman–Crippen LogP) is 2.02. The van der Waals surface area contributed by atoms with Crippen molar-refractivity contribution in [3.8, 4) is 5.82 Å². The van der Waals surface area contributed by atoms with Crippen LogP contribution in [0.3, 0.4) is 0 Å². The summed E-state index contributed by atoms with van der Waals surface area (Å²) >= 11 is 0. The molecule has 0 saturated carbocycles. The molecule has 5 heteroatoms. The van der Waals surface area contributed by atoms with Gasteiger partial charge in [-0.1, -0.05) is 12.1 Å². The number of hydrogen-bond acceptors (Lipinski definition) is 3. The molecule has 2 heterocycles. The van der Waals surface area contributed by atoms with E-state index in [9.17, 15) is 4.39 Å². The molecule has 1 aromatic carbocycles. The minimum Gasteiger partial charge on any atom is -0.326 e. The Balaban J connectivity index is 2.26. The number of aromatic nitrogens is 3. The molecule has 0 saturated heterocycles. The summed E-state index contributed by atoms with van der Waals surface area (Å²) in [6.45, 7) is 0.229. The highest BCUT2D eigenvalue weighted by atomic mass is 19.1. The first-order chi connectivity index (χ1) is 8.79. The lowest BCUT2D eigenvalue weighted by molar-refractivity contribution is 0.617. The summed E-state index contributed by atoms with van der Waals surface area (Å²) in [4.78, 5) is 8.39. The third kappa shape index (κ3) is 1.65. The number of benzene rings is 1. The first kappa shape index (κ1) is 10.9. The quantitative estimate of drug-likeness (QED) is 0.748. The zero-order chi connectivity index (χ0) is 12.5. The Bertz CT molecular complexity index is 705. The van der Waals surface area contributed by atoms with Crippen LogP contribution in [-0.4, -0.2) is 14.5 Å². The van der Waals surface area contributed by atoms with Gasteiger partial charge in [-0.3, -0.25) is 4.57 Å². The van der Waals surface area contributed by atoms with Crippen molar-refractivity contribution in [1.82, 2.24) is 14.5 Å². The average molecular weight is 242 g/mol. The Morgan fingerprint density at radius 2 is 2.06 bits per heavy atom. The molecule has 3 rings (SSSR count). The van der Waals surface area contributed by atoms with Crippen molar-refractivity contribution in [2.24, 2.45) is 5.73 Å². The molecule has 0 aliphatic rings. The molecule has 0 atom stereocenters. The summed E-state index contributed by atoms with van der Waals surface area (Å²) in [7, 11) is 0. The molecule has 0 radical (unpaired) electrons. The molecule has 0 fully saturated rings. The van der Waals surface area contributed by atoms with Crippen LogP contribution in [0.2, 0.25) is 0 Å². The van der Waals surface area contributed by atoms with Crippen LogP contribution in [0.4, 0.5) is 4.39 Å². The molecule has 0 bridgehead atoms. The van der Waals surface area contributed by atoms with Gasteiger partial charge < -0.3 is 5.73 Å². The van der Waals surface area contributed by atoms with Crippen molar-refractivity contribution in [1.29, 1.82) is 0 Å². The van der Waals surface area contributed by atoms with Gasteiger partial charge in [0.15, 0.2) is 0 Å². The molecule has 2 aromatic heterocycles. The largest absolute Gasteiger partial charge is 0.326 e. The zero-order valence-corrected chi connectivity index (χ0v) is 9.55. The van der Waals surface area contributed by atoms with Crippen LogP contribution < -0.4 is 5.73 Å². The van der Waals surface area contributed by atoms with Crippen molar-refractivity contribution in [3.63, 3.8) is 0 Å². The highest BCUT2D eigenvalue weighted by Gasteiger charge is 2.10. The number of pyridine rings is 1. The minimum atomic E-state index is -0.386. The molecule has 0 aliphatic carbocycles. The number of imidazole rings is 1. The second-order valence-corrected chi connectivity index (χ2v) is 3.94. The topological polar surface area (TPSA) is 56.7 Å². The fraction of sp³-hybridized carbons (Fsp3) is 0.0769. The van der Waals surface area contributed by atoms with E-state index in [0.29, 0.717) is 11.4 Å². The number of hydrogen-bond donors (Lipinski definition) is 1. The first-order valence-electron chi connectivity index (χ1n) is 5.56. The van der Waals surface area contributed by atoms with Gasteiger partial charge in [0, 0.05) is 12.1 Å². The van der Waals surface area contributed by atoms with Crippen LogP contribution in [0.1, 0.15) is 5.56 Å². The summed E-state index contributed by atoms with van der Waals surface area (Å²) in [6, 6.07) is 9.09. The molecule has 0 amide bonds. The van der Waals surface area contributed by atoms with Gasteiger partial charge in [0.25, 0.3) is 0 Å². The van der Waals surface area contributed by atoms with Gasteiger partial charge in [-0.15, -0.1) is 0 Å². The number of nitrogens with zero attached hydrogens (tertiary/aromatic N) is 3. The van der Waals surface area contributed by atoms with Crippen molar-refractivity contribution in [2.45, 2.75) is 6.54 Å². The van der Waals surface area contributed by atoms with E-state index in [0.717, 1.165) is 11.0 Å². The lowest BCUT2D eigenvalue weighted by Gasteiger charge is -2.08. The van der Waals surface area contributed by atoms with E-state index in [4.69, 9.17) is 5.73 Å². The molecule has 0 aliphatic heterocycles. The van der Waals surface area contributed by atoms with Crippen LogP contribution in [0.5, 0.6) is 0 Å². The van der Waals surface area contributed by atoms with Crippen LogP contribution >= 0.6 is 0 Å². The van der Waals surface area contributed by atoms with E-state index in [1.54, 1.807) is 6.33 Å². The Labute approximate surface area is 103 Å². The number of para-hydroxylation sites is 2. The van der Waals surface area contributed by atoms with Gasteiger partial charge >= 0.3 is 0 Å². The SMILES string of the molecule is NCc1cc(F)cnc1-n1cnc2ccccc21. The molecule has 4 nitrogen and oxygen atoms in total. The minimum absolute atomic E-state index is 0.229. The van der Waals surface area contributed by atoms with Gasteiger partial charge in [-0.2, -0.15) is 0 Å². The number of fused-ring (bicyclic) bond motifs is 1. The van der Waals surface area contributed by atoms with Crippen molar-refractivity contribution >= 4 is 11.0 Å². The second kappa shape index (κ2) is 4.19.